The summed E-state index contributed by atoms with van der Waals surface area (Å²) in [6.45, 7) is 4.30. The molecule has 0 saturated heterocycles. The molecular weight excluding hydrogens is 190 g/mol. The molecule has 0 aliphatic carbocycles. The van der Waals surface area contributed by atoms with Crippen LogP contribution in [0.4, 0.5) is 0 Å². The largest absolute Gasteiger partial charge is 0.327 e. The van der Waals surface area contributed by atoms with Crippen molar-refractivity contribution >= 4 is 11.8 Å². The maximum absolute atomic E-state index is 5.94. The summed E-state index contributed by atoms with van der Waals surface area (Å²) in [6, 6.07) is 6.92. The van der Waals surface area contributed by atoms with Gasteiger partial charge in [-0.1, -0.05) is 13.0 Å². The summed E-state index contributed by atoms with van der Waals surface area (Å²) in [5, 5.41) is 0. The lowest BCUT2D eigenvalue weighted by atomic mass is 10.0. The number of rotatable bonds is 4. The van der Waals surface area contributed by atoms with Gasteiger partial charge >= 0.3 is 0 Å². The summed E-state index contributed by atoms with van der Waals surface area (Å²) in [5.41, 5.74) is 8.69. The van der Waals surface area contributed by atoms with Crippen molar-refractivity contribution in [3.05, 3.63) is 29.3 Å². The van der Waals surface area contributed by atoms with Crippen molar-refractivity contribution in [3.63, 3.8) is 0 Å². The number of benzene rings is 1. The molecule has 0 radical (unpaired) electrons. The van der Waals surface area contributed by atoms with E-state index in [0.29, 0.717) is 6.04 Å². The van der Waals surface area contributed by atoms with Gasteiger partial charge in [-0.15, -0.1) is 11.8 Å². The van der Waals surface area contributed by atoms with Crippen LogP contribution in [0.25, 0.3) is 0 Å². The van der Waals surface area contributed by atoms with Crippen LogP contribution in [-0.4, -0.2) is 12.3 Å². The molecule has 0 amide bonds. The molecule has 14 heavy (non-hydrogen) atoms. The van der Waals surface area contributed by atoms with E-state index in [1.54, 1.807) is 11.8 Å². The quantitative estimate of drug-likeness (QED) is 0.771. The van der Waals surface area contributed by atoms with Crippen LogP contribution in [0.2, 0.25) is 0 Å². The molecule has 1 aromatic carbocycles. The van der Waals surface area contributed by atoms with Gasteiger partial charge in [-0.2, -0.15) is 0 Å². The van der Waals surface area contributed by atoms with E-state index in [2.05, 4.69) is 38.3 Å². The summed E-state index contributed by atoms with van der Waals surface area (Å²) in [6.07, 6.45) is 4.15. The van der Waals surface area contributed by atoms with E-state index in [0.717, 1.165) is 12.8 Å². The van der Waals surface area contributed by atoms with Crippen molar-refractivity contribution in [3.8, 4) is 0 Å². The minimum Gasteiger partial charge on any atom is -0.327 e. The molecule has 0 spiro atoms. The normalized spacial score (nSPS) is 12.9. The summed E-state index contributed by atoms with van der Waals surface area (Å²) in [5.74, 6) is 0. The first-order valence-electron chi connectivity index (χ1n) is 5.06. The topological polar surface area (TPSA) is 26.0 Å². The minimum absolute atomic E-state index is 0.300. The molecule has 78 valence electrons. The molecule has 1 nitrogen and oxygen atoms in total. The Balaban J connectivity index is 2.78. The third kappa shape index (κ3) is 3.03. The van der Waals surface area contributed by atoms with Gasteiger partial charge in [0.05, 0.1) is 0 Å². The van der Waals surface area contributed by atoms with Crippen LogP contribution in [0.3, 0.4) is 0 Å². The van der Waals surface area contributed by atoms with E-state index < -0.39 is 0 Å². The monoisotopic (exact) mass is 209 g/mol. The van der Waals surface area contributed by atoms with Crippen molar-refractivity contribution < 1.29 is 0 Å². The van der Waals surface area contributed by atoms with Crippen LogP contribution in [0, 0.1) is 6.92 Å². The maximum Gasteiger partial charge on any atom is 0.00767 e. The zero-order chi connectivity index (χ0) is 10.6. The predicted molar refractivity (Wildman–Crippen MR) is 64.9 cm³/mol. The third-order valence-electron chi connectivity index (χ3n) is 2.56. The van der Waals surface area contributed by atoms with Gasteiger partial charge in [-0.3, -0.25) is 0 Å². The van der Waals surface area contributed by atoms with Crippen molar-refractivity contribution in [2.24, 2.45) is 5.73 Å². The summed E-state index contributed by atoms with van der Waals surface area (Å²) < 4.78 is 0. The fraction of sp³-hybridized carbons (Fsp3) is 0.500. The molecule has 1 rings (SSSR count). The molecule has 1 aromatic rings. The fourth-order valence-electron chi connectivity index (χ4n) is 1.45. The number of thioether (sulfide) groups is 1. The zero-order valence-electron chi connectivity index (χ0n) is 9.21. The highest BCUT2D eigenvalue weighted by Gasteiger charge is 2.04. The van der Waals surface area contributed by atoms with Crippen LogP contribution in [0.15, 0.2) is 23.1 Å². The third-order valence-corrected chi connectivity index (χ3v) is 3.28. The second kappa shape index (κ2) is 5.42. The molecule has 2 N–H and O–H groups in total. The zero-order valence-corrected chi connectivity index (χ0v) is 10.0. The first-order valence-corrected chi connectivity index (χ1v) is 6.29. The van der Waals surface area contributed by atoms with E-state index in [4.69, 9.17) is 5.73 Å². The lowest BCUT2D eigenvalue weighted by Gasteiger charge is -2.11. The molecule has 1 unspecified atom stereocenters. The lowest BCUT2D eigenvalue weighted by Crippen LogP contribution is -2.21. The summed E-state index contributed by atoms with van der Waals surface area (Å²) in [4.78, 5) is 1.33. The van der Waals surface area contributed by atoms with E-state index in [9.17, 15) is 0 Å². The van der Waals surface area contributed by atoms with E-state index in [1.165, 1.54) is 16.0 Å². The van der Waals surface area contributed by atoms with Gasteiger partial charge in [0, 0.05) is 10.9 Å². The highest BCUT2D eigenvalue weighted by Crippen LogP contribution is 2.19. The second-order valence-electron chi connectivity index (χ2n) is 3.66. The van der Waals surface area contributed by atoms with Crippen LogP contribution in [0.5, 0.6) is 0 Å². The highest BCUT2D eigenvalue weighted by molar-refractivity contribution is 7.98. The van der Waals surface area contributed by atoms with Crippen molar-refractivity contribution in [2.45, 2.75) is 37.6 Å². The number of hydrogen-bond acceptors (Lipinski definition) is 2. The molecule has 0 aromatic heterocycles. The molecule has 0 bridgehead atoms. The Morgan fingerprint density at radius 2 is 2.14 bits per heavy atom. The first-order chi connectivity index (χ1) is 6.67. The average molecular weight is 209 g/mol. The van der Waals surface area contributed by atoms with Gasteiger partial charge in [0.1, 0.15) is 0 Å². The molecule has 1 atom stereocenters. The SMILES string of the molecule is CCC(N)Cc1ccc(SC)cc1C. The van der Waals surface area contributed by atoms with Crippen LogP contribution in [0.1, 0.15) is 24.5 Å². The van der Waals surface area contributed by atoms with Crippen LogP contribution >= 0.6 is 11.8 Å². The standard InChI is InChI=1S/C12H19NS/c1-4-11(13)8-10-5-6-12(14-3)7-9(10)2/h5-7,11H,4,8,13H2,1-3H3. The fourth-order valence-corrected chi connectivity index (χ4v) is 1.95. The Hall–Kier alpha value is -0.470. The minimum atomic E-state index is 0.300. The predicted octanol–water partition coefficient (Wildman–Crippen LogP) is 3.00. The molecular formula is C12H19NS. The Morgan fingerprint density at radius 3 is 2.64 bits per heavy atom. The number of hydrogen-bond donors (Lipinski definition) is 1. The number of nitrogens with two attached hydrogens (primary N) is 1. The van der Waals surface area contributed by atoms with Crippen molar-refractivity contribution in [1.82, 2.24) is 0 Å². The second-order valence-corrected chi connectivity index (χ2v) is 4.54. The van der Waals surface area contributed by atoms with E-state index >= 15 is 0 Å². The smallest absolute Gasteiger partial charge is 0.00767 e. The van der Waals surface area contributed by atoms with Crippen molar-refractivity contribution in [1.29, 1.82) is 0 Å². The summed E-state index contributed by atoms with van der Waals surface area (Å²) >= 11 is 1.79. The molecule has 0 heterocycles. The molecule has 2 heteroatoms. The lowest BCUT2D eigenvalue weighted by molar-refractivity contribution is 0.644. The maximum atomic E-state index is 5.94. The van der Waals surface area contributed by atoms with Gasteiger partial charge in [0.25, 0.3) is 0 Å². The molecule has 0 saturated carbocycles. The van der Waals surface area contributed by atoms with Crippen molar-refractivity contribution in [2.75, 3.05) is 6.26 Å². The number of aryl methyl sites for hydroxylation is 1. The summed E-state index contributed by atoms with van der Waals surface area (Å²) in [7, 11) is 0. The Kier molecular flexibility index (Phi) is 4.49. The van der Waals surface area contributed by atoms with Gasteiger partial charge in [-0.05, 0) is 49.3 Å². The molecule has 0 fully saturated rings. The van der Waals surface area contributed by atoms with E-state index in [1.807, 2.05) is 0 Å². The molecule has 0 aliphatic heterocycles. The highest BCUT2D eigenvalue weighted by atomic mass is 32.2. The Morgan fingerprint density at radius 1 is 1.43 bits per heavy atom. The van der Waals surface area contributed by atoms with Gasteiger partial charge < -0.3 is 5.73 Å². The van der Waals surface area contributed by atoms with Crippen LogP contribution in [-0.2, 0) is 6.42 Å². The molecule has 0 aliphatic rings. The van der Waals surface area contributed by atoms with Crippen LogP contribution < -0.4 is 5.73 Å². The van der Waals surface area contributed by atoms with Gasteiger partial charge in [-0.25, -0.2) is 0 Å². The first kappa shape index (κ1) is 11.6. The van der Waals surface area contributed by atoms with E-state index in [-0.39, 0.29) is 0 Å². The Bertz CT molecular complexity index is 296. The Labute approximate surface area is 91.1 Å². The average Bonchev–Trinajstić information content (AvgIpc) is 2.20. The van der Waals surface area contributed by atoms with Gasteiger partial charge in [0.15, 0.2) is 0 Å². The van der Waals surface area contributed by atoms with Gasteiger partial charge in [0.2, 0.25) is 0 Å².